The van der Waals surface area contributed by atoms with Crippen LogP contribution in [-0.2, 0) is 0 Å². The Labute approximate surface area is 126 Å². The minimum atomic E-state index is 0.122. The lowest BCUT2D eigenvalue weighted by molar-refractivity contribution is 0.0768. The molecule has 2 aliphatic rings. The highest BCUT2D eigenvalue weighted by atomic mass is 16.2. The number of hydrogen-bond donors (Lipinski definition) is 1. The van der Waals surface area contributed by atoms with E-state index in [0.29, 0.717) is 12.1 Å². The van der Waals surface area contributed by atoms with Gasteiger partial charge in [0.1, 0.15) is 0 Å². The fourth-order valence-corrected chi connectivity index (χ4v) is 3.39. The highest BCUT2D eigenvalue weighted by Gasteiger charge is 2.32. The van der Waals surface area contributed by atoms with Crippen molar-refractivity contribution in [2.45, 2.75) is 38.3 Å². The Hall–Kier alpha value is -1.46. The summed E-state index contributed by atoms with van der Waals surface area (Å²) in [5, 5.41) is 0. The first-order chi connectivity index (χ1) is 10.1. The van der Waals surface area contributed by atoms with Gasteiger partial charge in [0.05, 0.1) is 5.56 Å². The fourth-order valence-electron chi connectivity index (χ4n) is 3.39. The number of likely N-dealkylation sites (tertiary alicyclic amines) is 2. The number of carbonyl (C=O) groups excluding carboxylic acids is 1. The van der Waals surface area contributed by atoms with Gasteiger partial charge < -0.3 is 10.6 Å². The number of nitrogens with zero attached hydrogens (tertiary/aromatic N) is 3. The zero-order valence-electron chi connectivity index (χ0n) is 12.7. The molecule has 3 heterocycles. The van der Waals surface area contributed by atoms with Gasteiger partial charge in [-0.2, -0.15) is 0 Å². The van der Waals surface area contributed by atoms with Gasteiger partial charge in [-0.1, -0.05) is 0 Å². The van der Waals surface area contributed by atoms with Crippen molar-refractivity contribution in [2.24, 2.45) is 5.73 Å². The number of amides is 1. The lowest BCUT2D eigenvalue weighted by Gasteiger charge is -2.34. The summed E-state index contributed by atoms with van der Waals surface area (Å²) in [4.78, 5) is 21.3. The van der Waals surface area contributed by atoms with Crippen molar-refractivity contribution in [3.63, 3.8) is 0 Å². The van der Waals surface area contributed by atoms with Gasteiger partial charge in [0.15, 0.2) is 0 Å². The van der Waals surface area contributed by atoms with Crippen molar-refractivity contribution in [1.82, 2.24) is 14.8 Å². The zero-order valence-corrected chi connectivity index (χ0v) is 12.7. The third-order valence-electron chi connectivity index (χ3n) is 4.78. The van der Waals surface area contributed by atoms with Crippen LogP contribution in [-0.4, -0.2) is 59.0 Å². The Bertz CT molecular complexity index is 511. The summed E-state index contributed by atoms with van der Waals surface area (Å²) in [7, 11) is 0. The summed E-state index contributed by atoms with van der Waals surface area (Å²) in [6, 6.07) is 4.56. The van der Waals surface area contributed by atoms with Gasteiger partial charge in [-0.3, -0.25) is 14.7 Å². The average Bonchev–Trinajstić information content (AvgIpc) is 2.98. The Morgan fingerprint density at radius 3 is 2.76 bits per heavy atom. The van der Waals surface area contributed by atoms with Crippen molar-refractivity contribution in [3.05, 3.63) is 29.6 Å². The van der Waals surface area contributed by atoms with Gasteiger partial charge in [0.2, 0.25) is 0 Å². The number of aromatic nitrogens is 1. The molecule has 1 amide bonds. The second-order valence-electron chi connectivity index (χ2n) is 6.20. The predicted octanol–water partition coefficient (Wildman–Crippen LogP) is 1.03. The number of carbonyl (C=O) groups is 1. The van der Waals surface area contributed by atoms with Crippen LogP contribution in [0.5, 0.6) is 0 Å². The lowest BCUT2D eigenvalue weighted by Crippen LogP contribution is -2.46. The summed E-state index contributed by atoms with van der Waals surface area (Å²) < 4.78 is 0. The molecule has 21 heavy (non-hydrogen) atoms. The molecule has 5 nitrogen and oxygen atoms in total. The van der Waals surface area contributed by atoms with Crippen LogP contribution in [0.4, 0.5) is 0 Å². The molecule has 1 aromatic rings. The van der Waals surface area contributed by atoms with E-state index in [0.717, 1.165) is 56.7 Å². The smallest absolute Gasteiger partial charge is 0.255 e. The molecule has 0 aliphatic carbocycles. The van der Waals surface area contributed by atoms with E-state index in [1.54, 1.807) is 6.20 Å². The van der Waals surface area contributed by atoms with Crippen LogP contribution in [0, 0.1) is 6.92 Å². The SMILES string of the molecule is Cc1ncccc1C(=O)N1CCC(N2CCC(N)CC2)C1. The number of nitrogens with two attached hydrogens (primary N) is 1. The van der Waals surface area contributed by atoms with Gasteiger partial charge in [0.25, 0.3) is 5.91 Å². The molecule has 114 valence electrons. The molecule has 2 aliphatic heterocycles. The Balaban J connectivity index is 1.62. The summed E-state index contributed by atoms with van der Waals surface area (Å²) >= 11 is 0. The van der Waals surface area contributed by atoms with E-state index in [9.17, 15) is 4.79 Å². The maximum atomic E-state index is 12.6. The third kappa shape index (κ3) is 3.09. The van der Waals surface area contributed by atoms with Crippen molar-refractivity contribution in [3.8, 4) is 0 Å². The van der Waals surface area contributed by atoms with Crippen LogP contribution in [0.2, 0.25) is 0 Å². The van der Waals surface area contributed by atoms with Crippen LogP contribution in [0.25, 0.3) is 0 Å². The van der Waals surface area contributed by atoms with Gasteiger partial charge in [-0.25, -0.2) is 0 Å². The van der Waals surface area contributed by atoms with Gasteiger partial charge in [-0.15, -0.1) is 0 Å². The monoisotopic (exact) mass is 288 g/mol. The van der Waals surface area contributed by atoms with E-state index in [4.69, 9.17) is 5.73 Å². The van der Waals surface area contributed by atoms with Crippen molar-refractivity contribution in [2.75, 3.05) is 26.2 Å². The number of pyridine rings is 1. The topological polar surface area (TPSA) is 62.5 Å². The van der Waals surface area contributed by atoms with Gasteiger partial charge in [0, 0.05) is 37.1 Å². The molecule has 2 saturated heterocycles. The minimum absolute atomic E-state index is 0.122. The predicted molar refractivity (Wildman–Crippen MR) is 82.1 cm³/mol. The standard InChI is InChI=1S/C16H24N4O/c1-12-15(3-2-7-18-12)16(21)20-10-6-14(11-20)19-8-4-13(17)5-9-19/h2-3,7,13-14H,4-6,8-11,17H2,1H3. The second-order valence-corrected chi connectivity index (χ2v) is 6.20. The molecule has 2 fully saturated rings. The van der Waals surface area contributed by atoms with Crippen LogP contribution in [0.3, 0.4) is 0 Å². The minimum Gasteiger partial charge on any atom is -0.337 e. The van der Waals surface area contributed by atoms with Crippen LogP contribution < -0.4 is 5.73 Å². The maximum Gasteiger partial charge on any atom is 0.255 e. The van der Waals surface area contributed by atoms with Crippen molar-refractivity contribution < 1.29 is 4.79 Å². The molecule has 1 atom stereocenters. The number of piperidine rings is 1. The molecule has 2 N–H and O–H groups in total. The number of hydrogen-bond acceptors (Lipinski definition) is 4. The molecule has 1 unspecified atom stereocenters. The van der Waals surface area contributed by atoms with Crippen LogP contribution in [0.15, 0.2) is 18.3 Å². The van der Waals surface area contributed by atoms with Crippen LogP contribution >= 0.6 is 0 Å². The van der Waals surface area contributed by atoms with Crippen molar-refractivity contribution in [1.29, 1.82) is 0 Å². The second kappa shape index (κ2) is 6.12. The fraction of sp³-hybridized carbons (Fsp3) is 0.625. The third-order valence-corrected chi connectivity index (χ3v) is 4.78. The molecule has 5 heteroatoms. The van der Waals surface area contributed by atoms with Crippen molar-refractivity contribution >= 4 is 5.91 Å². The summed E-state index contributed by atoms with van der Waals surface area (Å²) in [6.45, 7) is 5.72. The largest absolute Gasteiger partial charge is 0.337 e. The Morgan fingerprint density at radius 1 is 1.29 bits per heavy atom. The van der Waals surface area contributed by atoms with Gasteiger partial charge in [-0.05, 0) is 51.4 Å². The van der Waals surface area contributed by atoms with Gasteiger partial charge >= 0.3 is 0 Å². The first-order valence-electron chi connectivity index (χ1n) is 7.85. The zero-order chi connectivity index (χ0) is 14.8. The van der Waals surface area contributed by atoms with E-state index >= 15 is 0 Å². The molecule has 0 saturated carbocycles. The summed E-state index contributed by atoms with van der Waals surface area (Å²) in [6.07, 6.45) is 4.95. The molecular formula is C16H24N4O. The lowest BCUT2D eigenvalue weighted by atomic mass is 10.0. The normalized spacial score (nSPS) is 24.5. The molecule has 0 aromatic carbocycles. The average molecular weight is 288 g/mol. The van der Waals surface area contributed by atoms with E-state index in [-0.39, 0.29) is 5.91 Å². The van der Waals surface area contributed by atoms with Crippen LogP contribution in [0.1, 0.15) is 35.3 Å². The van der Waals surface area contributed by atoms with E-state index in [1.165, 1.54) is 0 Å². The molecule has 0 spiro atoms. The van der Waals surface area contributed by atoms with E-state index < -0.39 is 0 Å². The highest BCUT2D eigenvalue weighted by Crippen LogP contribution is 2.21. The summed E-state index contributed by atoms with van der Waals surface area (Å²) in [5.41, 5.74) is 7.52. The van der Waals surface area contributed by atoms with E-state index in [2.05, 4.69) is 9.88 Å². The molecule has 0 bridgehead atoms. The first kappa shape index (κ1) is 14.5. The molecular weight excluding hydrogens is 264 g/mol. The Kier molecular flexibility index (Phi) is 4.22. The maximum absolute atomic E-state index is 12.6. The Morgan fingerprint density at radius 2 is 2.05 bits per heavy atom. The number of aryl methyl sites for hydroxylation is 1. The highest BCUT2D eigenvalue weighted by molar-refractivity contribution is 5.95. The molecule has 0 radical (unpaired) electrons. The molecule has 1 aromatic heterocycles. The quantitative estimate of drug-likeness (QED) is 0.883. The van der Waals surface area contributed by atoms with E-state index in [1.807, 2.05) is 24.0 Å². The summed E-state index contributed by atoms with van der Waals surface area (Å²) in [5.74, 6) is 0.122. The number of rotatable bonds is 2. The molecule has 3 rings (SSSR count). The first-order valence-corrected chi connectivity index (χ1v) is 7.85.